The number of anilines is 1. The number of methoxy groups -OCH3 is 1. The highest BCUT2D eigenvalue weighted by molar-refractivity contribution is 9.10. The van der Waals surface area contributed by atoms with Crippen molar-refractivity contribution in [2.75, 3.05) is 32.1 Å². The average Bonchev–Trinajstić information content (AvgIpc) is 2.44. The summed E-state index contributed by atoms with van der Waals surface area (Å²) in [4.78, 5) is 12.7. The van der Waals surface area contributed by atoms with Crippen molar-refractivity contribution in [2.24, 2.45) is 5.41 Å². The lowest BCUT2D eigenvalue weighted by molar-refractivity contribution is -0.130. The number of halogens is 2. The SMILES string of the molecule is COCC1(C(=O)Nc2cc(Br)ccc2Cl)CCNCC1. The van der Waals surface area contributed by atoms with E-state index in [1.165, 1.54) is 0 Å². The number of ether oxygens (including phenoxy) is 1. The van der Waals surface area contributed by atoms with Crippen LogP contribution in [0.1, 0.15) is 12.8 Å². The molecule has 1 aromatic rings. The third kappa shape index (κ3) is 3.52. The largest absolute Gasteiger partial charge is 0.384 e. The summed E-state index contributed by atoms with van der Waals surface area (Å²) < 4.78 is 6.14. The van der Waals surface area contributed by atoms with Crippen molar-refractivity contribution in [3.63, 3.8) is 0 Å². The number of rotatable bonds is 4. The molecule has 0 radical (unpaired) electrons. The molecule has 0 spiro atoms. The van der Waals surface area contributed by atoms with Gasteiger partial charge in [-0.15, -0.1) is 0 Å². The Bertz CT molecular complexity index is 485. The van der Waals surface area contributed by atoms with Gasteiger partial charge in [0, 0.05) is 11.6 Å². The Kier molecular flexibility index (Phi) is 5.43. The Labute approximate surface area is 132 Å². The molecule has 1 heterocycles. The van der Waals surface area contributed by atoms with Crippen LogP contribution in [0.2, 0.25) is 5.02 Å². The number of hydrogen-bond acceptors (Lipinski definition) is 3. The quantitative estimate of drug-likeness (QED) is 0.866. The minimum absolute atomic E-state index is 0.0270. The summed E-state index contributed by atoms with van der Waals surface area (Å²) >= 11 is 9.50. The lowest BCUT2D eigenvalue weighted by Crippen LogP contribution is -2.47. The Morgan fingerprint density at radius 1 is 1.50 bits per heavy atom. The molecule has 1 aliphatic rings. The van der Waals surface area contributed by atoms with Gasteiger partial charge in [-0.1, -0.05) is 27.5 Å². The normalized spacial score (nSPS) is 17.8. The molecule has 0 atom stereocenters. The molecule has 2 N–H and O–H groups in total. The highest BCUT2D eigenvalue weighted by Gasteiger charge is 2.39. The van der Waals surface area contributed by atoms with Crippen molar-refractivity contribution in [3.05, 3.63) is 27.7 Å². The van der Waals surface area contributed by atoms with Gasteiger partial charge in [0.25, 0.3) is 0 Å². The maximum absolute atomic E-state index is 12.7. The third-order valence-electron chi connectivity index (χ3n) is 3.64. The molecule has 110 valence electrons. The van der Waals surface area contributed by atoms with Crippen LogP contribution in [0.15, 0.2) is 22.7 Å². The molecule has 1 aromatic carbocycles. The maximum Gasteiger partial charge on any atom is 0.233 e. The summed E-state index contributed by atoms with van der Waals surface area (Å²) in [6, 6.07) is 5.40. The highest BCUT2D eigenvalue weighted by Crippen LogP contribution is 2.33. The number of carbonyl (C=O) groups excluding carboxylic acids is 1. The predicted octanol–water partition coefficient (Wildman–Crippen LogP) is 3.06. The van der Waals surface area contributed by atoms with E-state index in [2.05, 4.69) is 26.6 Å². The summed E-state index contributed by atoms with van der Waals surface area (Å²) in [6.07, 6.45) is 1.52. The first kappa shape index (κ1) is 15.8. The molecule has 1 saturated heterocycles. The van der Waals surface area contributed by atoms with Gasteiger partial charge >= 0.3 is 0 Å². The zero-order valence-electron chi connectivity index (χ0n) is 11.3. The van der Waals surface area contributed by atoms with Crippen molar-refractivity contribution >= 4 is 39.1 Å². The van der Waals surface area contributed by atoms with Crippen LogP contribution in [0.3, 0.4) is 0 Å². The van der Waals surface area contributed by atoms with Gasteiger partial charge in [0.2, 0.25) is 5.91 Å². The van der Waals surface area contributed by atoms with Crippen molar-refractivity contribution in [1.82, 2.24) is 5.32 Å². The summed E-state index contributed by atoms with van der Waals surface area (Å²) in [7, 11) is 1.63. The Hall–Kier alpha value is -0.620. The van der Waals surface area contributed by atoms with Crippen molar-refractivity contribution in [3.8, 4) is 0 Å². The molecule has 20 heavy (non-hydrogen) atoms. The Balaban J connectivity index is 2.18. The second kappa shape index (κ2) is 6.89. The summed E-state index contributed by atoms with van der Waals surface area (Å²) in [6.45, 7) is 2.07. The summed E-state index contributed by atoms with van der Waals surface area (Å²) in [5.74, 6) is -0.0270. The topological polar surface area (TPSA) is 50.4 Å². The van der Waals surface area contributed by atoms with Gasteiger partial charge in [-0.25, -0.2) is 0 Å². The molecular formula is C14H18BrClN2O2. The minimum atomic E-state index is -0.481. The zero-order valence-corrected chi connectivity index (χ0v) is 13.7. The fourth-order valence-electron chi connectivity index (χ4n) is 2.47. The Morgan fingerprint density at radius 3 is 2.85 bits per heavy atom. The minimum Gasteiger partial charge on any atom is -0.384 e. The second-order valence-corrected chi connectivity index (χ2v) is 6.36. The van der Waals surface area contributed by atoms with Crippen molar-refractivity contribution in [2.45, 2.75) is 12.8 Å². The van der Waals surface area contributed by atoms with E-state index < -0.39 is 5.41 Å². The van der Waals surface area contributed by atoms with E-state index in [4.69, 9.17) is 16.3 Å². The molecule has 0 aromatic heterocycles. The van der Waals surface area contributed by atoms with Crippen LogP contribution in [-0.2, 0) is 9.53 Å². The molecule has 1 fully saturated rings. The fourth-order valence-corrected chi connectivity index (χ4v) is 2.99. The van der Waals surface area contributed by atoms with E-state index in [-0.39, 0.29) is 5.91 Å². The number of carbonyl (C=O) groups is 1. The van der Waals surface area contributed by atoms with Crippen LogP contribution in [0.4, 0.5) is 5.69 Å². The third-order valence-corrected chi connectivity index (χ3v) is 4.46. The number of benzene rings is 1. The van der Waals surface area contributed by atoms with E-state index in [1.807, 2.05) is 12.1 Å². The number of nitrogens with one attached hydrogen (secondary N) is 2. The molecule has 0 aliphatic carbocycles. The van der Waals surface area contributed by atoms with Gasteiger partial charge in [0.1, 0.15) is 0 Å². The summed E-state index contributed by atoms with van der Waals surface area (Å²) in [5.41, 5.74) is 0.145. The number of piperidine rings is 1. The second-order valence-electron chi connectivity index (χ2n) is 5.04. The lowest BCUT2D eigenvalue weighted by Gasteiger charge is -2.35. The molecule has 0 saturated carbocycles. The van der Waals surface area contributed by atoms with Crippen LogP contribution in [-0.4, -0.2) is 32.7 Å². The molecule has 4 nitrogen and oxygen atoms in total. The molecule has 6 heteroatoms. The molecule has 2 rings (SSSR count). The van der Waals surface area contributed by atoms with E-state index in [0.717, 1.165) is 30.4 Å². The first-order valence-corrected chi connectivity index (χ1v) is 7.71. The molecule has 0 unspecified atom stereocenters. The first-order valence-electron chi connectivity index (χ1n) is 6.53. The smallest absolute Gasteiger partial charge is 0.233 e. The molecule has 0 bridgehead atoms. The van der Waals surface area contributed by atoms with Gasteiger partial charge in [0.05, 0.1) is 22.7 Å². The van der Waals surface area contributed by atoms with E-state index in [0.29, 0.717) is 17.3 Å². The molecular weight excluding hydrogens is 344 g/mol. The average molecular weight is 362 g/mol. The van der Waals surface area contributed by atoms with Gasteiger partial charge in [-0.05, 0) is 44.1 Å². The predicted molar refractivity (Wildman–Crippen MR) is 84.2 cm³/mol. The molecule has 1 amide bonds. The van der Waals surface area contributed by atoms with Gasteiger partial charge in [-0.3, -0.25) is 4.79 Å². The van der Waals surface area contributed by atoms with Crippen LogP contribution in [0.25, 0.3) is 0 Å². The monoisotopic (exact) mass is 360 g/mol. The fraction of sp³-hybridized carbons (Fsp3) is 0.500. The molecule has 1 aliphatic heterocycles. The summed E-state index contributed by atoms with van der Waals surface area (Å²) in [5, 5.41) is 6.74. The van der Waals surface area contributed by atoms with E-state index >= 15 is 0 Å². The van der Waals surface area contributed by atoms with Crippen LogP contribution in [0, 0.1) is 5.41 Å². The standard InChI is InChI=1S/C14H18BrClN2O2/c1-20-9-14(4-6-17-7-5-14)13(19)18-12-8-10(15)2-3-11(12)16/h2-3,8,17H,4-7,9H2,1H3,(H,18,19). The highest BCUT2D eigenvalue weighted by atomic mass is 79.9. The van der Waals surface area contributed by atoms with Gasteiger partial charge in [-0.2, -0.15) is 0 Å². The van der Waals surface area contributed by atoms with E-state index in [9.17, 15) is 4.79 Å². The van der Waals surface area contributed by atoms with E-state index in [1.54, 1.807) is 13.2 Å². The van der Waals surface area contributed by atoms with Gasteiger partial charge < -0.3 is 15.4 Å². The zero-order chi connectivity index (χ0) is 14.6. The van der Waals surface area contributed by atoms with Gasteiger partial charge in [0.15, 0.2) is 0 Å². The Morgan fingerprint density at radius 2 is 2.20 bits per heavy atom. The maximum atomic E-state index is 12.7. The first-order chi connectivity index (χ1) is 9.57. The van der Waals surface area contributed by atoms with Crippen LogP contribution >= 0.6 is 27.5 Å². The number of amides is 1. The van der Waals surface area contributed by atoms with Crippen LogP contribution in [0.5, 0.6) is 0 Å². The lowest BCUT2D eigenvalue weighted by atomic mass is 9.78. The van der Waals surface area contributed by atoms with Crippen molar-refractivity contribution in [1.29, 1.82) is 0 Å². The number of hydrogen-bond donors (Lipinski definition) is 2. The van der Waals surface area contributed by atoms with Crippen molar-refractivity contribution < 1.29 is 9.53 Å². The van der Waals surface area contributed by atoms with Crippen LogP contribution < -0.4 is 10.6 Å².